The second-order valence-corrected chi connectivity index (χ2v) is 6.43. The van der Waals surface area contributed by atoms with Crippen LogP contribution >= 0.6 is 0 Å². The third-order valence-electron chi connectivity index (χ3n) is 3.75. The van der Waals surface area contributed by atoms with Gasteiger partial charge >= 0.3 is 0 Å². The third-order valence-corrected chi connectivity index (χ3v) is 3.75. The first-order valence-electron chi connectivity index (χ1n) is 7.71. The topological polar surface area (TPSA) is 84.2 Å². The second-order valence-electron chi connectivity index (χ2n) is 6.43. The molecule has 0 radical (unpaired) electrons. The van der Waals surface area contributed by atoms with Crippen LogP contribution in [0.4, 0.5) is 0 Å². The normalized spacial score (nSPS) is 24.2. The van der Waals surface area contributed by atoms with E-state index < -0.39 is 6.04 Å². The molecule has 5 heteroatoms. The van der Waals surface area contributed by atoms with Crippen LogP contribution in [0.15, 0.2) is 0 Å². The van der Waals surface area contributed by atoms with E-state index >= 15 is 0 Å². The molecule has 3 atom stereocenters. The zero-order valence-electron chi connectivity index (χ0n) is 12.9. The number of nitrogens with one attached hydrogen (secondary N) is 2. The van der Waals surface area contributed by atoms with Crippen molar-refractivity contribution in [3.63, 3.8) is 0 Å². The molecule has 20 heavy (non-hydrogen) atoms. The van der Waals surface area contributed by atoms with E-state index in [1.54, 1.807) is 6.92 Å². The summed E-state index contributed by atoms with van der Waals surface area (Å²) in [5, 5.41) is 5.60. The minimum Gasteiger partial charge on any atom is -0.354 e. The van der Waals surface area contributed by atoms with E-state index in [9.17, 15) is 9.59 Å². The molecule has 0 spiro atoms. The first kappa shape index (κ1) is 17.0. The lowest BCUT2D eigenvalue weighted by Gasteiger charge is -2.26. The Morgan fingerprint density at radius 3 is 2.55 bits per heavy atom. The quantitative estimate of drug-likeness (QED) is 0.684. The smallest absolute Gasteiger partial charge is 0.242 e. The van der Waals surface area contributed by atoms with Crippen molar-refractivity contribution in [2.75, 3.05) is 6.54 Å². The molecule has 3 unspecified atom stereocenters. The molecule has 5 nitrogen and oxygen atoms in total. The highest BCUT2D eigenvalue weighted by Crippen LogP contribution is 2.25. The summed E-state index contributed by atoms with van der Waals surface area (Å²) >= 11 is 0. The highest BCUT2D eigenvalue weighted by molar-refractivity contribution is 5.87. The Morgan fingerprint density at radius 1 is 1.25 bits per heavy atom. The van der Waals surface area contributed by atoms with Gasteiger partial charge in [-0.05, 0) is 38.0 Å². The fourth-order valence-corrected chi connectivity index (χ4v) is 2.60. The van der Waals surface area contributed by atoms with Crippen molar-refractivity contribution >= 4 is 11.8 Å². The van der Waals surface area contributed by atoms with Crippen LogP contribution in [0.2, 0.25) is 0 Å². The lowest BCUT2D eigenvalue weighted by molar-refractivity contribution is -0.129. The van der Waals surface area contributed by atoms with Gasteiger partial charge in [-0.3, -0.25) is 9.59 Å². The van der Waals surface area contributed by atoms with Crippen LogP contribution in [0.5, 0.6) is 0 Å². The summed E-state index contributed by atoms with van der Waals surface area (Å²) in [5.74, 6) is 0.610. The molecule has 0 saturated heterocycles. The van der Waals surface area contributed by atoms with Gasteiger partial charge in [0.1, 0.15) is 6.04 Å². The highest BCUT2D eigenvalue weighted by Gasteiger charge is 2.23. The molecule has 0 bridgehead atoms. The summed E-state index contributed by atoms with van der Waals surface area (Å²) in [6.07, 6.45) is 4.63. The van der Waals surface area contributed by atoms with Gasteiger partial charge in [0.2, 0.25) is 11.8 Å². The SMILES string of the molecule is CC(C)CNC(=O)C(C)NC(=O)CC1CCCC(N)C1. The Labute approximate surface area is 122 Å². The van der Waals surface area contributed by atoms with Crippen molar-refractivity contribution in [2.24, 2.45) is 17.6 Å². The van der Waals surface area contributed by atoms with E-state index in [0.29, 0.717) is 24.8 Å². The number of amides is 2. The predicted molar refractivity (Wildman–Crippen MR) is 80.0 cm³/mol. The Kier molecular flexibility index (Phi) is 6.99. The van der Waals surface area contributed by atoms with E-state index in [1.165, 1.54) is 0 Å². The largest absolute Gasteiger partial charge is 0.354 e. The molecule has 2 amide bonds. The molecule has 1 rings (SSSR count). The van der Waals surface area contributed by atoms with Gasteiger partial charge in [0.25, 0.3) is 0 Å². The fourth-order valence-electron chi connectivity index (χ4n) is 2.60. The number of carbonyl (C=O) groups is 2. The van der Waals surface area contributed by atoms with Crippen LogP contribution in [0.3, 0.4) is 0 Å². The summed E-state index contributed by atoms with van der Waals surface area (Å²) < 4.78 is 0. The number of hydrogen-bond acceptors (Lipinski definition) is 3. The summed E-state index contributed by atoms with van der Waals surface area (Å²) in [5.41, 5.74) is 5.92. The maximum absolute atomic E-state index is 11.9. The summed E-state index contributed by atoms with van der Waals surface area (Å²) in [6.45, 7) is 6.43. The molecular weight excluding hydrogens is 254 g/mol. The Morgan fingerprint density at radius 2 is 1.95 bits per heavy atom. The molecule has 116 valence electrons. The summed E-state index contributed by atoms with van der Waals surface area (Å²) in [7, 11) is 0. The summed E-state index contributed by atoms with van der Waals surface area (Å²) in [6, 6.07) is -0.244. The van der Waals surface area contributed by atoms with Crippen molar-refractivity contribution in [1.29, 1.82) is 0 Å². The average molecular weight is 283 g/mol. The van der Waals surface area contributed by atoms with E-state index in [0.717, 1.165) is 25.7 Å². The zero-order chi connectivity index (χ0) is 15.1. The van der Waals surface area contributed by atoms with Gasteiger partial charge in [0.15, 0.2) is 0 Å². The maximum atomic E-state index is 11.9. The molecule has 0 aromatic rings. The lowest BCUT2D eigenvalue weighted by atomic mass is 9.84. The van der Waals surface area contributed by atoms with Crippen molar-refractivity contribution in [2.45, 2.75) is 65.0 Å². The van der Waals surface area contributed by atoms with Crippen molar-refractivity contribution in [1.82, 2.24) is 10.6 Å². The minimum atomic E-state index is -0.474. The van der Waals surface area contributed by atoms with Crippen molar-refractivity contribution in [3.05, 3.63) is 0 Å². The van der Waals surface area contributed by atoms with Crippen LogP contribution in [0.1, 0.15) is 52.9 Å². The van der Waals surface area contributed by atoms with E-state index in [2.05, 4.69) is 10.6 Å². The maximum Gasteiger partial charge on any atom is 0.242 e. The lowest BCUT2D eigenvalue weighted by Crippen LogP contribution is -2.46. The van der Waals surface area contributed by atoms with E-state index in [4.69, 9.17) is 5.73 Å². The van der Waals surface area contributed by atoms with Gasteiger partial charge in [-0.25, -0.2) is 0 Å². The van der Waals surface area contributed by atoms with Gasteiger partial charge < -0.3 is 16.4 Å². The van der Waals surface area contributed by atoms with Crippen LogP contribution < -0.4 is 16.4 Å². The second kappa shape index (κ2) is 8.25. The molecule has 0 heterocycles. The molecule has 0 aromatic carbocycles. The van der Waals surface area contributed by atoms with Crippen molar-refractivity contribution < 1.29 is 9.59 Å². The standard InChI is InChI=1S/C15H29N3O2/c1-10(2)9-17-15(20)11(3)18-14(19)8-12-5-4-6-13(16)7-12/h10-13H,4-9,16H2,1-3H3,(H,17,20)(H,18,19). The molecule has 1 aliphatic carbocycles. The molecule has 1 aliphatic rings. The minimum absolute atomic E-state index is 0.0451. The third kappa shape index (κ3) is 6.37. The van der Waals surface area contributed by atoms with Gasteiger partial charge in [-0.2, -0.15) is 0 Å². The van der Waals surface area contributed by atoms with E-state index in [1.807, 2.05) is 13.8 Å². The monoisotopic (exact) mass is 283 g/mol. The van der Waals surface area contributed by atoms with Gasteiger partial charge in [-0.15, -0.1) is 0 Å². The Bertz CT molecular complexity index is 331. The molecule has 0 aromatic heterocycles. The van der Waals surface area contributed by atoms with Crippen LogP contribution in [0.25, 0.3) is 0 Å². The highest BCUT2D eigenvalue weighted by atomic mass is 16.2. The molecule has 4 N–H and O–H groups in total. The van der Waals surface area contributed by atoms with Crippen LogP contribution in [-0.2, 0) is 9.59 Å². The summed E-state index contributed by atoms with van der Waals surface area (Å²) in [4.78, 5) is 23.7. The average Bonchev–Trinajstić information content (AvgIpc) is 2.35. The van der Waals surface area contributed by atoms with Crippen molar-refractivity contribution in [3.8, 4) is 0 Å². The number of rotatable bonds is 6. The molecule has 1 fully saturated rings. The molecule has 1 saturated carbocycles. The first-order chi connectivity index (χ1) is 9.38. The van der Waals surface area contributed by atoms with Crippen LogP contribution in [-0.4, -0.2) is 30.4 Å². The van der Waals surface area contributed by atoms with E-state index in [-0.39, 0.29) is 17.9 Å². The number of hydrogen-bond donors (Lipinski definition) is 3. The number of carbonyl (C=O) groups excluding carboxylic acids is 2. The van der Waals surface area contributed by atoms with Gasteiger partial charge in [0.05, 0.1) is 0 Å². The molecule has 0 aliphatic heterocycles. The van der Waals surface area contributed by atoms with Crippen LogP contribution in [0, 0.1) is 11.8 Å². The zero-order valence-corrected chi connectivity index (χ0v) is 12.9. The molecular formula is C15H29N3O2. The first-order valence-corrected chi connectivity index (χ1v) is 7.71. The fraction of sp³-hybridized carbons (Fsp3) is 0.867. The predicted octanol–water partition coefficient (Wildman–Crippen LogP) is 1.17. The number of nitrogens with two attached hydrogens (primary N) is 1. The Balaban J connectivity index is 2.28. The Hall–Kier alpha value is -1.10. The van der Waals surface area contributed by atoms with Gasteiger partial charge in [-0.1, -0.05) is 20.3 Å². The van der Waals surface area contributed by atoms with Gasteiger partial charge in [0, 0.05) is 19.0 Å².